The molecule has 0 aromatic rings. The van der Waals surface area contributed by atoms with Gasteiger partial charge in [-0.25, -0.2) is 0 Å². The summed E-state index contributed by atoms with van der Waals surface area (Å²) in [5.41, 5.74) is 5.53. The van der Waals surface area contributed by atoms with Crippen LogP contribution >= 0.6 is 0 Å². The van der Waals surface area contributed by atoms with Gasteiger partial charge in [0.1, 0.15) is 0 Å². The van der Waals surface area contributed by atoms with Gasteiger partial charge in [0.15, 0.2) is 0 Å². The van der Waals surface area contributed by atoms with Crippen LogP contribution in [0, 0.1) is 11.8 Å². The molecule has 1 atom stereocenters. The van der Waals surface area contributed by atoms with E-state index in [0.717, 1.165) is 13.0 Å². The Labute approximate surface area is 92.8 Å². The highest BCUT2D eigenvalue weighted by molar-refractivity contribution is 5.78. The van der Waals surface area contributed by atoms with Crippen molar-refractivity contribution in [1.29, 1.82) is 0 Å². The van der Waals surface area contributed by atoms with Crippen molar-refractivity contribution < 1.29 is 4.79 Å². The van der Waals surface area contributed by atoms with E-state index in [9.17, 15) is 4.79 Å². The van der Waals surface area contributed by atoms with Crippen LogP contribution in [0.4, 0.5) is 0 Å². The van der Waals surface area contributed by atoms with E-state index in [0.29, 0.717) is 12.5 Å². The van der Waals surface area contributed by atoms with E-state index in [2.05, 4.69) is 5.32 Å². The molecule has 1 amide bonds. The third-order valence-electron chi connectivity index (χ3n) is 3.44. The van der Waals surface area contributed by atoms with Crippen LogP contribution in [0.1, 0.15) is 45.4 Å². The van der Waals surface area contributed by atoms with Crippen LogP contribution in [0.15, 0.2) is 0 Å². The SMILES string of the molecule is CCC(CN)C(=O)NCC1CCCCC1. The zero-order chi connectivity index (χ0) is 11.1. The maximum absolute atomic E-state index is 11.7. The van der Waals surface area contributed by atoms with Gasteiger partial charge in [-0.15, -0.1) is 0 Å². The quantitative estimate of drug-likeness (QED) is 0.728. The second-order valence-electron chi connectivity index (χ2n) is 4.59. The van der Waals surface area contributed by atoms with E-state index in [1.165, 1.54) is 32.1 Å². The number of hydrogen-bond donors (Lipinski definition) is 2. The minimum absolute atomic E-state index is 0.00795. The van der Waals surface area contributed by atoms with Crippen LogP contribution in [-0.4, -0.2) is 19.0 Å². The van der Waals surface area contributed by atoms with Crippen molar-refractivity contribution in [2.75, 3.05) is 13.1 Å². The fraction of sp³-hybridized carbons (Fsp3) is 0.917. The van der Waals surface area contributed by atoms with E-state index in [4.69, 9.17) is 5.73 Å². The molecule has 0 aromatic carbocycles. The van der Waals surface area contributed by atoms with Gasteiger partial charge >= 0.3 is 0 Å². The standard InChI is InChI=1S/C12H24N2O/c1-2-11(8-13)12(15)14-9-10-6-4-3-5-7-10/h10-11H,2-9,13H2,1H3,(H,14,15). The van der Waals surface area contributed by atoms with E-state index in [-0.39, 0.29) is 11.8 Å². The highest BCUT2D eigenvalue weighted by atomic mass is 16.1. The maximum Gasteiger partial charge on any atom is 0.224 e. The Morgan fingerprint density at radius 3 is 2.60 bits per heavy atom. The lowest BCUT2D eigenvalue weighted by Gasteiger charge is -2.22. The fourth-order valence-corrected chi connectivity index (χ4v) is 2.24. The normalized spacial score (nSPS) is 19.9. The second kappa shape index (κ2) is 6.83. The van der Waals surface area contributed by atoms with Gasteiger partial charge < -0.3 is 11.1 Å². The lowest BCUT2D eigenvalue weighted by molar-refractivity contribution is -0.125. The topological polar surface area (TPSA) is 55.1 Å². The molecule has 1 saturated carbocycles. The number of nitrogens with two attached hydrogens (primary N) is 1. The number of rotatable bonds is 5. The van der Waals surface area contributed by atoms with Gasteiger partial charge in [-0.05, 0) is 25.2 Å². The van der Waals surface area contributed by atoms with Crippen molar-refractivity contribution >= 4 is 5.91 Å². The molecule has 3 N–H and O–H groups in total. The molecule has 1 fully saturated rings. The molecule has 3 nitrogen and oxygen atoms in total. The Morgan fingerprint density at radius 2 is 2.07 bits per heavy atom. The summed E-state index contributed by atoms with van der Waals surface area (Å²) in [5.74, 6) is 0.858. The lowest BCUT2D eigenvalue weighted by Crippen LogP contribution is -2.37. The third kappa shape index (κ3) is 4.20. The summed E-state index contributed by atoms with van der Waals surface area (Å²) in [5, 5.41) is 3.04. The Balaban J connectivity index is 2.20. The summed E-state index contributed by atoms with van der Waals surface area (Å²) in [4.78, 5) is 11.7. The molecule has 15 heavy (non-hydrogen) atoms. The van der Waals surface area contributed by atoms with Gasteiger partial charge in [0, 0.05) is 19.0 Å². The summed E-state index contributed by atoms with van der Waals surface area (Å²) in [7, 11) is 0. The molecule has 0 radical (unpaired) electrons. The molecule has 88 valence electrons. The van der Waals surface area contributed by atoms with E-state index in [1.54, 1.807) is 0 Å². The molecule has 0 spiro atoms. The molecule has 1 aliphatic rings. The predicted octanol–water partition coefficient (Wildman–Crippen LogP) is 1.67. The molecule has 0 aliphatic heterocycles. The summed E-state index contributed by atoms with van der Waals surface area (Å²) in [6.07, 6.45) is 7.42. The van der Waals surface area contributed by atoms with E-state index < -0.39 is 0 Å². The zero-order valence-corrected chi connectivity index (χ0v) is 9.80. The third-order valence-corrected chi connectivity index (χ3v) is 3.44. The lowest BCUT2D eigenvalue weighted by atomic mass is 9.89. The van der Waals surface area contributed by atoms with Crippen molar-refractivity contribution in [1.82, 2.24) is 5.32 Å². The Kier molecular flexibility index (Phi) is 5.69. The van der Waals surface area contributed by atoms with Crippen molar-refractivity contribution in [3.63, 3.8) is 0 Å². The van der Waals surface area contributed by atoms with Crippen molar-refractivity contribution in [3.05, 3.63) is 0 Å². The predicted molar refractivity (Wildman–Crippen MR) is 62.4 cm³/mol. The van der Waals surface area contributed by atoms with Gasteiger partial charge in [0.05, 0.1) is 0 Å². The highest BCUT2D eigenvalue weighted by Crippen LogP contribution is 2.22. The first-order valence-corrected chi connectivity index (χ1v) is 6.25. The molecule has 1 rings (SSSR count). The van der Waals surface area contributed by atoms with Crippen molar-refractivity contribution in [3.8, 4) is 0 Å². The number of nitrogens with one attached hydrogen (secondary N) is 1. The van der Waals surface area contributed by atoms with Crippen molar-refractivity contribution in [2.45, 2.75) is 45.4 Å². The first-order chi connectivity index (χ1) is 7.27. The minimum Gasteiger partial charge on any atom is -0.356 e. The van der Waals surface area contributed by atoms with Crippen LogP contribution in [0.5, 0.6) is 0 Å². The first-order valence-electron chi connectivity index (χ1n) is 6.25. The first kappa shape index (κ1) is 12.5. The van der Waals surface area contributed by atoms with Crippen LogP contribution in [0.3, 0.4) is 0 Å². The average molecular weight is 212 g/mol. The number of amides is 1. The number of carbonyl (C=O) groups excluding carboxylic acids is 1. The van der Waals surface area contributed by atoms with Gasteiger partial charge in [0.25, 0.3) is 0 Å². The molecule has 1 unspecified atom stereocenters. The molecule has 0 heterocycles. The largest absolute Gasteiger partial charge is 0.356 e. The maximum atomic E-state index is 11.7. The van der Waals surface area contributed by atoms with Gasteiger partial charge in [0.2, 0.25) is 5.91 Å². The molecule has 1 aliphatic carbocycles. The highest BCUT2D eigenvalue weighted by Gasteiger charge is 2.17. The Bertz CT molecular complexity index is 184. The summed E-state index contributed by atoms with van der Waals surface area (Å²) >= 11 is 0. The van der Waals surface area contributed by atoms with E-state index in [1.807, 2.05) is 6.92 Å². The summed E-state index contributed by atoms with van der Waals surface area (Å²) in [6.45, 7) is 3.33. The Morgan fingerprint density at radius 1 is 1.40 bits per heavy atom. The summed E-state index contributed by atoms with van der Waals surface area (Å²) < 4.78 is 0. The molecule has 3 heteroatoms. The minimum atomic E-state index is 0.00795. The van der Waals surface area contributed by atoms with Crippen LogP contribution in [0.25, 0.3) is 0 Å². The van der Waals surface area contributed by atoms with Crippen LogP contribution in [0.2, 0.25) is 0 Å². The molecular weight excluding hydrogens is 188 g/mol. The second-order valence-corrected chi connectivity index (χ2v) is 4.59. The van der Waals surface area contributed by atoms with Crippen LogP contribution in [-0.2, 0) is 4.79 Å². The van der Waals surface area contributed by atoms with Crippen molar-refractivity contribution in [2.24, 2.45) is 17.6 Å². The van der Waals surface area contributed by atoms with E-state index >= 15 is 0 Å². The molecule has 0 saturated heterocycles. The number of carbonyl (C=O) groups is 1. The molecule has 0 bridgehead atoms. The monoisotopic (exact) mass is 212 g/mol. The Hall–Kier alpha value is -0.570. The fourth-order valence-electron chi connectivity index (χ4n) is 2.24. The molecular formula is C12H24N2O. The number of hydrogen-bond acceptors (Lipinski definition) is 2. The molecule has 0 aromatic heterocycles. The summed E-state index contributed by atoms with van der Waals surface area (Å²) in [6, 6.07) is 0. The average Bonchev–Trinajstić information content (AvgIpc) is 2.29. The van der Waals surface area contributed by atoms with Gasteiger partial charge in [-0.3, -0.25) is 4.79 Å². The van der Waals surface area contributed by atoms with Gasteiger partial charge in [-0.2, -0.15) is 0 Å². The zero-order valence-electron chi connectivity index (χ0n) is 9.80. The van der Waals surface area contributed by atoms with Gasteiger partial charge in [-0.1, -0.05) is 26.2 Å². The van der Waals surface area contributed by atoms with Crippen LogP contribution < -0.4 is 11.1 Å². The smallest absolute Gasteiger partial charge is 0.224 e.